The number of nitrogens with one attached hydrogen (secondary N) is 1. The number of thioether (sulfide) groups is 1. The van der Waals surface area contributed by atoms with Crippen LogP contribution in [0.3, 0.4) is 0 Å². The summed E-state index contributed by atoms with van der Waals surface area (Å²) in [5, 5.41) is 3.92. The van der Waals surface area contributed by atoms with Gasteiger partial charge in [0, 0.05) is 50.1 Å². The molecule has 35 heavy (non-hydrogen) atoms. The SMILES string of the molecule is CC(C)CNC(=O)c1ccc(CSc2nc(Cl)cc(N3CCN(c4ccccc4F)CC3)n2)cc1. The van der Waals surface area contributed by atoms with Crippen LogP contribution in [-0.4, -0.2) is 48.6 Å². The van der Waals surface area contributed by atoms with Crippen molar-refractivity contribution >= 4 is 40.8 Å². The molecule has 3 aromatic rings. The summed E-state index contributed by atoms with van der Waals surface area (Å²) in [7, 11) is 0. The second-order valence-electron chi connectivity index (χ2n) is 8.85. The van der Waals surface area contributed by atoms with Crippen LogP contribution in [0.15, 0.2) is 59.8 Å². The van der Waals surface area contributed by atoms with Crippen molar-refractivity contribution in [3.63, 3.8) is 0 Å². The average molecular weight is 514 g/mol. The molecule has 1 amide bonds. The predicted octanol–water partition coefficient (Wildman–Crippen LogP) is 5.27. The largest absolute Gasteiger partial charge is 0.366 e. The number of carbonyl (C=O) groups is 1. The third-order valence-corrected chi connectivity index (χ3v) is 6.82. The molecule has 184 valence electrons. The first-order valence-corrected chi connectivity index (χ1v) is 13.0. The highest BCUT2D eigenvalue weighted by molar-refractivity contribution is 7.98. The lowest BCUT2D eigenvalue weighted by molar-refractivity contribution is 0.0949. The Balaban J connectivity index is 1.34. The highest BCUT2D eigenvalue weighted by atomic mass is 35.5. The van der Waals surface area contributed by atoms with E-state index in [0.717, 1.165) is 11.4 Å². The Morgan fingerprint density at radius 3 is 2.43 bits per heavy atom. The molecule has 0 radical (unpaired) electrons. The van der Waals surface area contributed by atoms with Crippen LogP contribution in [-0.2, 0) is 5.75 Å². The second kappa shape index (κ2) is 11.7. The fourth-order valence-electron chi connectivity index (χ4n) is 3.80. The smallest absolute Gasteiger partial charge is 0.251 e. The first-order chi connectivity index (χ1) is 16.9. The molecule has 0 saturated carbocycles. The zero-order chi connectivity index (χ0) is 24.8. The van der Waals surface area contributed by atoms with Crippen molar-refractivity contribution in [1.82, 2.24) is 15.3 Å². The highest BCUT2D eigenvalue weighted by Gasteiger charge is 2.21. The summed E-state index contributed by atoms with van der Waals surface area (Å²) in [5.41, 5.74) is 2.35. The number of rotatable bonds is 8. The molecule has 2 heterocycles. The first kappa shape index (κ1) is 25.3. The van der Waals surface area contributed by atoms with Crippen LogP contribution >= 0.6 is 23.4 Å². The summed E-state index contributed by atoms with van der Waals surface area (Å²) < 4.78 is 14.1. The minimum Gasteiger partial charge on any atom is -0.366 e. The zero-order valence-corrected chi connectivity index (χ0v) is 21.4. The summed E-state index contributed by atoms with van der Waals surface area (Å²) in [5.74, 6) is 1.59. The number of halogens is 2. The van der Waals surface area contributed by atoms with Crippen LogP contribution in [0.5, 0.6) is 0 Å². The Morgan fingerprint density at radius 2 is 1.74 bits per heavy atom. The number of nitrogens with zero attached hydrogens (tertiary/aromatic N) is 4. The molecule has 0 aliphatic carbocycles. The Bertz CT molecular complexity index is 1150. The van der Waals surface area contributed by atoms with Crippen molar-refractivity contribution < 1.29 is 9.18 Å². The number of anilines is 2. The minimum absolute atomic E-state index is 0.0594. The van der Waals surface area contributed by atoms with Gasteiger partial charge in [0.15, 0.2) is 5.16 Å². The third kappa shape index (κ3) is 6.86. The molecule has 1 N–H and O–H groups in total. The molecule has 0 unspecified atom stereocenters. The maximum Gasteiger partial charge on any atom is 0.251 e. The molecule has 1 fully saturated rings. The van der Waals surface area contributed by atoms with E-state index in [1.807, 2.05) is 36.4 Å². The quantitative estimate of drug-likeness (QED) is 0.251. The Morgan fingerprint density at radius 1 is 1.06 bits per heavy atom. The van der Waals surface area contributed by atoms with Gasteiger partial charge in [-0.25, -0.2) is 14.4 Å². The van der Waals surface area contributed by atoms with Gasteiger partial charge in [-0.05, 0) is 35.7 Å². The van der Waals surface area contributed by atoms with E-state index in [2.05, 4.69) is 33.9 Å². The Kier molecular flexibility index (Phi) is 8.46. The lowest BCUT2D eigenvalue weighted by atomic mass is 10.1. The first-order valence-electron chi connectivity index (χ1n) is 11.7. The van der Waals surface area contributed by atoms with Crippen LogP contribution in [0.1, 0.15) is 29.8 Å². The number of benzene rings is 2. The lowest BCUT2D eigenvalue weighted by Gasteiger charge is -2.36. The normalized spacial score (nSPS) is 13.9. The van der Waals surface area contributed by atoms with Crippen LogP contribution in [0.25, 0.3) is 0 Å². The predicted molar refractivity (Wildman–Crippen MR) is 141 cm³/mol. The number of carbonyl (C=O) groups excluding carboxylic acids is 1. The molecule has 0 atom stereocenters. The van der Waals surface area contributed by atoms with E-state index in [-0.39, 0.29) is 11.7 Å². The number of amides is 1. The number of aromatic nitrogens is 2. The molecule has 6 nitrogen and oxygen atoms in total. The van der Waals surface area contributed by atoms with Crippen molar-refractivity contribution in [2.75, 3.05) is 42.5 Å². The summed E-state index contributed by atoms with van der Waals surface area (Å²) in [6.07, 6.45) is 0. The summed E-state index contributed by atoms with van der Waals surface area (Å²) in [4.78, 5) is 25.5. The summed E-state index contributed by atoms with van der Waals surface area (Å²) in [6, 6.07) is 16.2. The van der Waals surface area contributed by atoms with Gasteiger partial charge in [0.25, 0.3) is 5.91 Å². The number of para-hydroxylation sites is 1. The molecule has 1 aliphatic rings. The number of hydrogen-bond donors (Lipinski definition) is 1. The van der Waals surface area contributed by atoms with Gasteiger partial charge in [-0.3, -0.25) is 4.79 Å². The summed E-state index contributed by atoms with van der Waals surface area (Å²) in [6.45, 7) is 7.61. The Labute approximate surface area is 214 Å². The molecule has 0 bridgehead atoms. The van der Waals surface area contributed by atoms with Crippen molar-refractivity contribution in [1.29, 1.82) is 0 Å². The number of hydrogen-bond acceptors (Lipinski definition) is 6. The van der Waals surface area contributed by atoms with E-state index in [1.165, 1.54) is 17.8 Å². The van der Waals surface area contributed by atoms with Crippen molar-refractivity contribution in [2.24, 2.45) is 5.92 Å². The van der Waals surface area contributed by atoms with E-state index in [1.54, 1.807) is 12.1 Å². The van der Waals surface area contributed by atoms with Crippen LogP contribution in [0.4, 0.5) is 15.9 Å². The topological polar surface area (TPSA) is 61.4 Å². The van der Waals surface area contributed by atoms with Gasteiger partial charge in [0.1, 0.15) is 16.8 Å². The van der Waals surface area contributed by atoms with Gasteiger partial charge in [0.05, 0.1) is 5.69 Å². The van der Waals surface area contributed by atoms with E-state index in [0.29, 0.717) is 66.0 Å². The third-order valence-electron chi connectivity index (χ3n) is 5.71. The monoisotopic (exact) mass is 513 g/mol. The van der Waals surface area contributed by atoms with Crippen LogP contribution in [0, 0.1) is 11.7 Å². The Hall–Kier alpha value is -2.84. The standard InChI is InChI=1S/C26H29ClFN5OS/c1-18(2)16-29-25(34)20-9-7-19(8-10-20)17-35-26-30-23(27)15-24(31-26)33-13-11-32(12-14-33)22-6-4-3-5-21(22)28/h3-10,15,18H,11-14,16-17H2,1-2H3,(H,29,34). The van der Waals surface area contributed by atoms with Crippen molar-refractivity contribution in [3.8, 4) is 0 Å². The minimum atomic E-state index is -0.200. The summed E-state index contributed by atoms with van der Waals surface area (Å²) >= 11 is 7.81. The van der Waals surface area contributed by atoms with E-state index < -0.39 is 0 Å². The molecule has 0 spiro atoms. The van der Waals surface area contributed by atoms with E-state index >= 15 is 0 Å². The maximum atomic E-state index is 14.1. The van der Waals surface area contributed by atoms with Gasteiger partial charge >= 0.3 is 0 Å². The van der Waals surface area contributed by atoms with Crippen LogP contribution < -0.4 is 15.1 Å². The fraction of sp³-hybridized carbons (Fsp3) is 0.346. The van der Waals surface area contributed by atoms with Gasteiger partial charge in [-0.2, -0.15) is 0 Å². The van der Waals surface area contributed by atoms with Gasteiger partial charge < -0.3 is 15.1 Å². The molecular weight excluding hydrogens is 485 g/mol. The molecule has 4 rings (SSSR count). The second-order valence-corrected chi connectivity index (χ2v) is 10.2. The molecule has 1 aliphatic heterocycles. The van der Waals surface area contributed by atoms with E-state index in [4.69, 9.17) is 16.6 Å². The van der Waals surface area contributed by atoms with E-state index in [9.17, 15) is 9.18 Å². The fourth-order valence-corrected chi connectivity index (χ4v) is 4.83. The lowest BCUT2D eigenvalue weighted by Crippen LogP contribution is -2.47. The van der Waals surface area contributed by atoms with Gasteiger partial charge in [-0.1, -0.05) is 61.5 Å². The highest BCUT2D eigenvalue weighted by Crippen LogP contribution is 2.27. The average Bonchev–Trinajstić information content (AvgIpc) is 2.86. The number of piperazine rings is 1. The molecule has 9 heteroatoms. The molecular formula is C26H29ClFN5OS. The van der Waals surface area contributed by atoms with Crippen molar-refractivity contribution in [3.05, 3.63) is 76.7 Å². The maximum absolute atomic E-state index is 14.1. The zero-order valence-electron chi connectivity index (χ0n) is 19.9. The molecule has 1 aromatic heterocycles. The van der Waals surface area contributed by atoms with Crippen molar-refractivity contribution in [2.45, 2.75) is 24.8 Å². The molecule has 2 aromatic carbocycles. The van der Waals surface area contributed by atoms with Gasteiger partial charge in [0.2, 0.25) is 0 Å². The van der Waals surface area contributed by atoms with Gasteiger partial charge in [-0.15, -0.1) is 0 Å². The van der Waals surface area contributed by atoms with Crippen LogP contribution in [0.2, 0.25) is 5.15 Å². The molecule has 1 saturated heterocycles.